The molecule has 0 bridgehead atoms. The fraction of sp³-hybridized carbons (Fsp3) is 0.194. The van der Waals surface area contributed by atoms with Gasteiger partial charge in [0.25, 0.3) is 0 Å². The van der Waals surface area contributed by atoms with Crippen molar-refractivity contribution in [2.24, 2.45) is 11.8 Å². The molecule has 1 fully saturated rings. The second-order valence-electron chi connectivity index (χ2n) is 10.4. The van der Waals surface area contributed by atoms with Gasteiger partial charge in [-0.15, -0.1) is 0 Å². The lowest BCUT2D eigenvalue weighted by atomic mass is 9.59. The van der Waals surface area contributed by atoms with Gasteiger partial charge in [-0.3, -0.25) is 14.4 Å². The number of carbonyl (C=O) groups excluding carboxylic acids is 3. The molecule has 1 saturated carbocycles. The molecule has 1 aliphatic rings. The molecule has 212 valence electrons. The lowest BCUT2D eigenvalue weighted by Gasteiger charge is -2.41. The quantitative estimate of drug-likeness (QED) is 0.116. The summed E-state index contributed by atoms with van der Waals surface area (Å²) in [5.41, 5.74) is 2.90. The van der Waals surface area contributed by atoms with Crippen molar-refractivity contribution in [3.05, 3.63) is 136 Å². The van der Waals surface area contributed by atoms with Crippen LogP contribution in [0.1, 0.15) is 45.3 Å². The first-order chi connectivity index (χ1) is 20.4. The van der Waals surface area contributed by atoms with Crippen LogP contribution in [0.3, 0.4) is 0 Å². The highest BCUT2D eigenvalue weighted by atomic mass is 35.5. The summed E-state index contributed by atoms with van der Waals surface area (Å²) in [6.07, 6.45) is 3.22. The van der Waals surface area contributed by atoms with E-state index in [0.29, 0.717) is 22.1 Å². The van der Waals surface area contributed by atoms with Crippen LogP contribution in [0.25, 0.3) is 6.08 Å². The van der Waals surface area contributed by atoms with Gasteiger partial charge < -0.3 is 9.47 Å². The van der Waals surface area contributed by atoms with Gasteiger partial charge in [-0.25, -0.2) is 0 Å². The van der Waals surface area contributed by atoms with E-state index in [1.54, 1.807) is 44.6 Å². The van der Waals surface area contributed by atoms with E-state index in [1.165, 1.54) is 6.08 Å². The smallest absolute Gasteiger partial charge is 0.167 e. The van der Waals surface area contributed by atoms with E-state index in [9.17, 15) is 14.4 Å². The Hall–Kier alpha value is -4.48. The van der Waals surface area contributed by atoms with E-state index >= 15 is 0 Å². The van der Waals surface area contributed by atoms with Gasteiger partial charge in [0.2, 0.25) is 0 Å². The summed E-state index contributed by atoms with van der Waals surface area (Å²) in [6.45, 7) is 0. The molecule has 0 saturated heterocycles. The Kier molecular flexibility index (Phi) is 8.99. The highest BCUT2D eigenvalue weighted by Crippen LogP contribution is 2.49. The number of rotatable bonds is 9. The molecule has 5 nitrogen and oxygen atoms in total. The SMILES string of the molecule is COc1ccc(/C=C/C(=O)C2C(=O)C[C@H](c3ccc(OC)cc3)[C@H](C(=O)c3ccc(Cl)cc3)[C@H]2c2ccccc2)cc1. The molecule has 0 spiro atoms. The molecular formula is C36H31ClO5. The van der Waals surface area contributed by atoms with Gasteiger partial charge in [-0.1, -0.05) is 72.3 Å². The van der Waals surface area contributed by atoms with Crippen molar-refractivity contribution in [3.63, 3.8) is 0 Å². The summed E-state index contributed by atoms with van der Waals surface area (Å²) in [4.78, 5) is 42.2. The Bertz CT molecular complexity index is 1580. The van der Waals surface area contributed by atoms with Crippen LogP contribution in [0.5, 0.6) is 11.5 Å². The minimum absolute atomic E-state index is 0.0619. The number of benzene rings is 4. The molecule has 4 atom stereocenters. The molecule has 0 aromatic heterocycles. The Morgan fingerprint density at radius 1 is 0.762 bits per heavy atom. The Balaban J connectivity index is 1.60. The van der Waals surface area contributed by atoms with E-state index < -0.39 is 23.7 Å². The third-order valence-corrected chi connectivity index (χ3v) is 8.22. The zero-order chi connectivity index (χ0) is 29.6. The first-order valence-electron chi connectivity index (χ1n) is 13.8. The number of ether oxygens (including phenoxy) is 2. The second kappa shape index (κ2) is 13.0. The van der Waals surface area contributed by atoms with Crippen LogP contribution in [-0.4, -0.2) is 31.6 Å². The van der Waals surface area contributed by atoms with E-state index in [1.807, 2.05) is 78.9 Å². The average molecular weight is 579 g/mol. The summed E-state index contributed by atoms with van der Waals surface area (Å²) >= 11 is 6.14. The fourth-order valence-corrected chi connectivity index (χ4v) is 5.99. The van der Waals surface area contributed by atoms with E-state index in [2.05, 4.69) is 0 Å². The molecule has 42 heavy (non-hydrogen) atoms. The van der Waals surface area contributed by atoms with Gasteiger partial charge in [0, 0.05) is 34.8 Å². The molecule has 5 rings (SSSR count). The monoisotopic (exact) mass is 578 g/mol. The Labute approximate surface area is 250 Å². The van der Waals surface area contributed by atoms with Crippen molar-refractivity contribution in [1.82, 2.24) is 0 Å². The molecule has 4 aromatic rings. The van der Waals surface area contributed by atoms with Crippen LogP contribution in [0, 0.1) is 11.8 Å². The Morgan fingerprint density at radius 3 is 1.95 bits per heavy atom. The first kappa shape index (κ1) is 29.0. The second-order valence-corrected chi connectivity index (χ2v) is 10.8. The van der Waals surface area contributed by atoms with Crippen molar-refractivity contribution in [2.75, 3.05) is 14.2 Å². The van der Waals surface area contributed by atoms with Gasteiger partial charge in [0.1, 0.15) is 17.3 Å². The van der Waals surface area contributed by atoms with Crippen LogP contribution in [0.2, 0.25) is 5.02 Å². The highest BCUT2D eigenvalue weighted by Gasteiger charge is 2.50. The molecule has 0 N–H and O–H groups in total. The predicted octanol–water partition coefficient (Wildman–Crippen LogP) is 7.60. The first-order valence-corrected chi connectivity index (χ1v) is 14.1. The normalized spacial score (nSPS) is 20.3. The van der Waals surface area contributed by atoms with E-state index in [0.717, 1.165) is 16.7 Å². The van der Waals surface area contributed by atoms with E-state index in [4.69, 9.17) is 21.1 Å². The molecule has 0 radical (unpaired) electrons. The van der Waals surface area contributed by atoms with Crippen molar-refractivity contribution in [2.45, 2.75) is 18.3 Å². The third-order valence-electron chi connectivity index (χ3n) is 7.97. The number of halogens is 1. The Morgan fingerprint density at radius 2 is 1.36 bits per heavy atom. The predicted molar refractivity (Wildman–Crippen MR) is 164 cm³/mol. The molecule has 0 amide bonds. The summed E-state index contributed by atoms with van der Waals surface area (Å²) < 4.78 is 10.6. The van der Waals surface area contributed by atoms with Gasteiger partial charge in [-0.05, 0) is 71.3 Å². The van der Waals surface area contributed by atoms with Gasteiger partial charge in [0.05, 0.1) is 20.1 Å². The van der Waals surface area contributed by atoms with Crippen LogP contribution in [0.4, 0.5) is 0 Å². The van der Waals surface area contributed by atoms with Crippen LogP contribution >= 0.6 is 11.6 Å². The fourth-order valence-electron chi connectivity index (χ4n) is 5.87. The van der Waals surface area contributed by atoms with Crippen molar-refractivity contribution < 1.29 is 23.9 Å². The number of hydrogen-bond donors (Lipinski definition) is 0. The van der Waals surface area contributed by atoms with E-state index in [-0.39, 0.29) is 23.8 Å². The zero-order valence-electron chi connectivity index (χ0n) is 23.4. The maximum absolute atomic E-state index is 14.4. The minimum Gasteiger partial charge on any atom is -0.497 e. The summed E-state index contributed by atoms with van der Waals surface area (Å²) in [6, 6.07) is 30.9. The number of hydrogen-bond acceptors (Lipinski definition) is 5. The molecule has 6 heteroatoms. The summed E-state index contributed by atoms with van der Waals surface area (Å²) in [5, 5.41) is 0.522. The van der Waals surface area contributed by atoms with Crippen LogP contribution in [0.15, 0.2) is 109 Å². The molecule has 0 aliphatic heterocycles. The number of ketones is 3. The lowest BCUT2D eigenvalue weighted by Crippen LogP contribution is -2.44. The molecule has 1 unspecified atom stereocenters. The largest absolute Gasteiger partial charge is 0.497 e. The summed E-state index contributed by atoms with van der Waals surface area (Å²) in [7, 11) is 3.18. The molecular weight excluding hydrogens is 548 g/mol. The number of Topliss-reactive ketones (excluding diaryl/α,β-unsaturated/α-hetero) is 2. The maximum Gasteiger partial charge on any atom is 0.167 e. The van der Waals surface area contributed by atoms with Crippen LogP contribution < -0.4 is 9.47 Å². The topological polar surface area (TPSA) is 69.7 Å². The van der Waals surface area contributed by atoms with Crippen molar-refractivity contribution in [1.29, 1.82) is 0 Å². The number of methoxy groups -OCH3 is 2. The summed E-state index contributed by atoms with van der Waals surface area (Å²) in [5.74, 6) is -2.06. The van der Waals surface area contributed by atoms with Gasteiger partial charge in [0.15, 0.2) is 11.6 Å². The minimum atomic E-state index is -1.02. The standard InChI is InChI=1S/C36H31ClO5/c1-41-28-17-8-23(9-18-28)10-21-31(38)35-32(39)22-30(24-13-19-29(42-2)20-14-24)34(33(35)25-6-4-3-5-7-25)36(40)26-11-15-27(37)16-12-26/h3-21,30,33-35H,22H2,1-2H3/b21-10+/t30-,33-,34+,35?/m1/s1. The number of carbonyl (C=O) groups is 3. The zero-order valence-corrected chi connectivity index (χ0v) is 24.2. The molecule has 4 aromatic carbocycles. The highest BCUT2D eigenvalue weighted by molar-refractivity contribution is 6.30. The van der Waals surface area contributed by atoms with Crippen LogP contribution in [-0.2, 0) is 9.59 Å². The third kappa shape index (κ3) is 6.22. The molecule has 1 aliphatic carbocycles. The van der Waals surface area contributed by atoms with Crippen molar-refractivity contribution >= 4 is 35.0 Å². The average Bonchev–Trinajstić information content (AvgIpc) is 3.03. The van der Waals surface area contributed by atoms with Gasteiger partial charge >= 0.3 is 0 Å². The maximum atomic E-state index is 14.4. The number of allylic oxidation sites excluding steroid dienone is 1. The lowest BCUT2D eigenvalue weighted by molar-refractivity contribution is -0.134. The van der Waals surface area contributed by atoms with Gasteiger partial charge in [-0.2, -0.15) is 0 Å². The molecule has 0 heterocycles. The van der Waals surface area contributed by atoms with Crippen molar-refractivity contribution in [3.8, 4) is 11.5 Å².